The molecule has 1 saturated heterocycles. The maximum atomic E-state index is 12.1. The molecule has 0 bridgehead atoms. The zero-order chi connectivity index (χ0) is 18.4. The van der Waals surface area contributed by atoms with Gasteiger partial charge in [0.1, 0.15) is 0 Å². The maximum absolute atomic E-state index is 12.1. The topological polar surface area (TPSA) is 113 Å². The van der Waals surface area contributed by atoms with Gasteiger partial charge in [0.2, 0.25) is 11.9 Å². The summed E-state index contributed by atoms with van der Waals surface area (Å²) in [6.45, 7) is 2.55. The molecule has 1 aliphatic heterocycles. The minimum absolute atomic E-state index is 0.115. The van der Waals surface area contributed by atoms with Gasteiger partial charge in [-0.05, 0) is 24.8 Å². The highest BCUT2D eigenvalue weighted by Gasteiger charge is 2.21. The Balaban J connectivity index is 1.45. The molecule has 9 heteroatoms. The Morgan fingerprint density at radius 2 is 2.12 bits per heavy atom. The molecule has 0 unspecified atom stereocenters. The number of carbonyl (C=O) groups excluding carboxylic acids is 1. The summed E-state index contributed by atoms with van der Waals surface area (Å²) in [6, 6.07) is 3.06. The number of carbonyl (C=O) groups is 1. The normalized spacial score (nSPS) is 17.1. The van der Waals surface area contributed by atoms with Crippen molar-refractivity contribution in [3.05, 3.63) is 51.6 Å². The number of nitrogens with zero attached hydrogens (tertiary/aromatic N) is 4. The molecule has 0 radical (unpaired) electrons. The van der Waals surface area contributed by atoms with Crippen molar-refractivity contribution >= 4 is 11.9 Å². The molecule has 26 heavy (non-hydrogen) atoms. The lowest BCUT2D eigenvalue weighted by molar-refractivity contribution is -0.121. The Labute approximate surface area is 150 Å². The number of aromatic amines is 1. The van der Waals surface area contributed by atoms with Gasteiger partial charge in [-0.15, -0.1) is 0 Å². The number of nitrogens with one attached hydrogen (secondary N) is 2. The van der Waals surface area contributed by atoms with Gasteiger partial charge < -0.3 is 14.8 Å². The third-order valence-corrected chi connectivity index (χ3v) is 4.42. The number of rotatable bonds is 6. The van der Waals surface area contributed by atoms with Gasteiger partial charge in [0, 0.05) is 57.3 Å². The third kappa shape index (κ3) is 4.78. The van der Waals surface area contributed by atoms with E-state index in [-0.39, 0.29) is 18.9 Å². The minimum Gasteiger partial charge on any atom is -0.356 e. The average molecular weight is 358 g/mol. The highest BCUT2D eigenvalue weighted by Crippen LogP contribution is 2.19. The fourth-order valence-corrected chi connectivity index (χ4v) is 3.06. The lowest BCUT2D eigenvalue weighted by Crippen LogP contribution is -2.41. The zero-order valence-electron chi connectivity index (χ0n) is 14.4. The van der Waals surface area contributed by atoms with Gasteiger partial charge in [0.15, 0.2) is 0 Å². The summed E-state index contributed by atoms with van der Waals surface area (Å²) in [7, 11) is 0. The SMILES string of the molecule is O=C(CCn1ccc(=O)[nH]c1=O)NC[C@H]1CCCN(c2ncccn2)C1. The predicted molar refractivity (Wildman–Crippen MR) is 95.9 cm³/mol. The van der Waals surface area contributed by atoms with Crippen LogP contribution >= 0.6 is 0 Å². The van der Waals surface area contributed by atoms with Crippen LogP contribution in [-0.4, -0.2) is 45.1 Å². The van der Waals surface area contributed by atoms with Crippen molar-refractivity contribution in [3.63, 3.8) is 0 Å². The molecule has 2 N–H and O–H groups in total. The largest absolute Gasteiger partial charge is 0.356 e. The Hall–Kier alpha value is -2.97. The summed E-state index contributed by atoms with van der Waals surface area (Å²) in [4.78, 5) is 47.5. The van der Waals surface area contributed by atoms with E-state index in [2.05, 4.69) is 25.2 Å². The first-order valence-electron chi connectivity index (χ1n) is 8.70. The van der Waals surface area contributed by atoms with Crippen LogP contribution in [-0.2, 0) is 11.3 Å². The molecular formula is C17H22N6O3. The number of anilines is 1. The van der Waals surface area contributed by atoms with Gasteiger partial charge in [-0.3, -0.25) is 14.6 Å². The molecule has 138 valence electrons. The predicted octanol–water partition coefficient (Wildman–Crippen LogP) is -0.250. The number of H-pyrrole nitrogens is 1. The van der Waals surface area contributed by atoms with E-state index < -0.39 is 11.2 Å². The zero-order valence-corrected chi connectivity index (χ0v) is 14.4. The van der Waals surface area contributed by atoms with E-state index in [1.54, 1.807) is 18.5 Å². The van der Waals surface area contributed by atoms with Gasteiger partial charge in [0.25, 0.3) is 5.56 Å². The van der Waals surface area contributed by atoms with Gasteiger partial charge in [-0.1, -0.05) is 0 Å². The van der Waals surface area contributed by atoms with Crippen LogP contribution in [0.5, 0.6) is 0 Å². The first-order chi connectivity index (χ1) is 12.6. The second kappa shape index (κ2) is 8.41. The molecule has 0 spiro atoms. The average Bonchev–Trinajstić information content (AvgIpc) is 2.66. The van der Waals surface area contributed by atoms with Crippen molar-refractivity contribution in [1.82, 2.24) is 24.8 Å². The van der Waals surface area contributed by atoms with Crippen LogP contribution in [0, 0.1) is 5.92 Å². The Bertz CT molecular complexity index is 847. The van der Waals surface area contributed by atoms with Crippen LogP contribution in [0.3, 0.4) is 0 Å². The molecule has 2 aromatic rings. The van der Waals surface area contributed by atoms with E-state index in [0.29, 0.717) is 12.5 Å². The van der Waals surface area contributed by atoms with Crippen LogP contribution < -0.4 is 21.5 Å². The fourth-order valence-electron chi connectivity index (χ4n) is 3.06. The van der Waals surface area contributed by atoms with Crippen LogP contribution in [0.25, 0.3) is 0 Å². The van der Waals surface area contributed by atoms with Gasteiger partial charge in [-0.25, -0.2) is 14.8 Å². The van der Waals surface area contributed by atoms with E-state index in [9.17, 15) is 14.4 Å². The smallest absolute Gasteiger partial charge is 0.328 e. The molecule has 1 aliphatic rings. The molecule has 3 heterocycles. The van der Waals surface area contributed by atoms with Crippen molar-refractivity contribution in [1.29, 1.82) is 0 Å². The molecule has 1 atom stereocenters. The van der Waals surface area contributed by atoms with Gasteiger partial charge in [-0.2, -0.15) is 0 Å². The number of hydrogen-bond acceptors (Lipinski definition) is 6. The summed E-state index contributed by atoms with van der Waals surface area (Å²) in [5, 5.41) is 2.93. The van der Waals surface area contributed by atoms with Gasteiger partial charge in [0.05, 0.1) is 0 Å². The molecule has 2 aromatic heterocycles. The van der Waals surface area contributed by atoms with E-state index in [0.717, 1.165) is 31.9 Å². The van der Waals surface area contributed by atoms with Crippen molar-refractivity contribution in [2.45, 2.75) is 25.8 Å². The number of piperidine rings is 1. The number of aromatic nitrogens is 4. The number of aryl methyl sites for hydroxylation is 1. The monoisotopic (exact) mass is 358 g/mol. The maximum Gasteiger partial charge on any atom is 0.328 e. The van der Waals surface area contributed by atoms with Crippen LogP contribution in [0.2, 0.25) is 0 Å². The number of amides is 1. The van der Waals surface area contributed by atoms with Crippen LogP contribution in [0.4, 0.5) is 5.95 Å². The minimum atomic E-state index is -0.504. The standard InChI is InChI=1S/C17H22N6O3/c24-14(4-9-22-10-5-15(25)21-17(22)26)20-11-13-3-1-8-23(12-13)16-18-6-2-7-19-16/h2,5-7,10,13H,1,3-4,8-9,11-12H2,(H,20,24)(H,21,25,26)/t13-/m1/s1. The molecule has 0 aliphatic carbocycles. The Morgan fingerprint density at radius 3 is 2.88 bits per heavy atom. The molecule has 1 amide bonds. The lowest BCUT2D eigenvalue weighted by Gasteiger charge is -2.32. The van der Waals surface area contributed by atoms with Crippen molar-refractivity contribution in [2.24, 2.45) is 5.92 Å². The van der Waals surface area contributed by atoms with Crippen LogP contribution in [0.15, 0.2) is 40.3 Å². The van der Waals surface area contributed by atoms with E-state index in [4.69, 9.17) is 0 Å². The quantitative estimate of drug-likeness (QED) is 0.736. The summed E-state index contributed by atoms with van der Waals surface area (Å²) in [6.07, 6.45) is 7.12. The van der Waals surface area contributed by atoms with E-state index >= 15 is 0 Å². The second-order valence-corrected chi connectivity index (χ2v) is 6.36. The first-order valence-corrected chi connectivity index (χ1v) is 8.70. The molecule has 1 fully saturated rings. The molecule has 9 nitrogen and oxygen atoms in total. The summed E-state index contributed by atoms with van der Waals surface area (Å²) in [5.74, 6) is 0.949. The highest BCUT2D eigenvalue weighted by molar-refractivity contribution is 5.75. The third-order valence-electron chi connectivity index (χ3n) is 4.42. The lowest BCUT2D eigenvalue weighted by atomic mass is 9.98. The van der Waals surface area contributed by atoms with Gasteiger partial charge >= 0.3 is 5.69 Å². The molecule has 3 rings (SSSR count). The highest BCUT2D eigenvalue weighted by atomic mass is 16.2. The van der Waals surface area contributed by atoms with Crippen molar-refractivity contribution < 1.29 is 4.79 Å². The van der Waals surface area contributed by atoms with E-state index in [1.165, 1.54) is 16.8 Å². The Kier molecular flexibility index (Phi) is 5.77. The summed E-state index contributed by atoms with van der Waals surface area (Å²) < 4.78 is 1.32. The summed E-state index contributed by atoms with van der Waals surface area (Å²) in [5.41, 5.74) is -0.948. The van der Waals surface area contributed by atoms with Crippen LogP contribution in [0.1, 0.15) is 19.3 Å². The Morgan fingerprint density at radius 1 is 1.31 bits per heavy atom. The second-order valence-electron chi connectivity index (χ2n) is 6.36. The van der Waals surface area contributed by atoms with Crippen molar-refractivity contribution in [3.8, 4) is 0 Å². The first kappa shape index (κ1) is 17.8. The fraction of sp³-hybridized carbons (Fsp3) is 0.471. The van der Waals surface area contributed by atoms with Crippen molar-refractivity contribution in [2.75, 3.05) is 24.5 Å². The molecule has 0 aromatic carbocycles. The molecular weight excluding hydrogens is 336 g/mol. The summed E-state index contributed by atoms with van der Waals surface area (Å²) >= 11 is 0. The number of hydrogen-bond donors (Lipinski definition) is 2. The van der Waals surface area contributed by atoms with E-state index in [1.807, 2.05) is 0 Å². The molecule has 0 saturated carbocycles.